The molecule has 3 aromatic rings. The van der Waals surface area contributed by atoms with Gasteiger partial charge in [-0.3, -0.25) is 0 Å². The minimum Gasteiger partial charge on any atom is -0.456 e. The lowest BCUT2D eigenvalue weighted by atomic mass is 9.87. The first kappa shape index (κ1) is 25.0. The molecule has 2 aliphatic rings. The Bertz CT molecular complexity index is 1200. The fourth-order valence-corrected chi connectivity index (χ4v) is 5.54. The van der Waals surface area contributed by atoms with Crippen LogP contribution in [-0.2, 0) is 20.3 Å². The Labute approximate surface area is 222 Å². The maximum Gasteiger partial charge on any atom is 0.229 e. The van der Waals surface area contributed by atoms with Crippen molar-refractivity contribution >= 4 is 35.7 Å². The molecule has 0 aromatic heterocycles. The van der Waals surface area contributed by atoms with Crippen molar-refractivity contribution in [2.24, 2.45) is 8.80 Å². The largest absolute Gasteiger partial charge is 0.456 e. The van der Waals surface area contributed by atoms with Crippen molar-refractivity contribution in [3.8, 4) is 0 Å². The number of hydrogen-bond donors (Lipinski definition) is 0. The minimum atomic E-state index is -0.182. The Morgan fingerprint density at radius 3 is 1.33 bits per heavy atom. The van der Waals surface area contributed by atoms with Crippen LogP contribution in [-0.4, -0.2) is 11.8 Å². The third-order valence-corrected chi connectivity index (χ3v) is 8.01. The number of ether oxygens (including phenoxy) is 2. The smallest absolute Gasteiger partial charge is 0.229 e. The van der Waals surface area contributed by atoms with Crippen molar-refractivity contribution in [1.82, 2.24) is 0 Å². The summed E-state index contributed by atoms with van der Waals surface area (Å²) in [5.41, 5.74) is 6.59. The standard InChI is InChI=1S/C30H32N2O2S2/c1-29(2,3)23-14-10-19(11-15-23)25-31-35-27(33-25)21-8-7-9-22(18-21)28-34-26(32-36-28)20-12-16-24(17-13-20)30(4,5)6/h7-18,27-28H,1-6H3. The molecule has 5 rings (SSSR count). The fraction of sp³-hybridized carbons (Fsp3) is 0.333. The molecule has 0 saturated heterocycles. The van der Waals surface area contributed by atoms with Crippen LogP contribution >= 0.6 is 23.9 Å². The Kier molecular flexibility index (Phi) is 6.69. The highest BCUT2D eigenvalue weighted by molar-refractivity contribution is 7.98. The van der Waals surface area contributed by atoms with E-state index in [1.165, 1.54) is 35.0 Å². The van der Waals surface area contributed by atoms with Crippen molar-refractivity contribution in [3.63, 3.8) is 0 Å². The summed E-state index contributed by atoms with van der Waals surface area (Å²) in [6, 6.07) is 25.3. The molecule has 2 atom stereocenters. The predicted molar refractivity (Wildman–Crippen MR) is 153 cm³/mol. The van der Waals surface area contributed by atoms with E-state index in [4.69, 9.17) is 9.47 Å². The molecule has 0 N–H and O–H groups in total. The normalized spacial score (nSPS) is 19.9. The van der Waals surface area contributed by atoms with E-state index in [-0.39, 0.29) is 21.7 Å². The van der Waals surface area contributed by atoms with Crippen molar-refractivity contribution < 1.29 is 9.47 Å². The average Bonchev–Trinajstić information content (AvgIpc) is 3.54. The summed E-state index contributed by atoms with van der Waals surface area (Å²) in [7, 11) is 0. The molecule has 2 heterocycles. The SMILES string of the molecule is CC(C)(C)c1ccc(C2=NSC(c3cccc(C4OC(c5ccc(C(C)(C)C)cc5)=NS4)c3)O2)cc1. The zero-order valence-corrected chi connectivity index (χ0v) is 23.2. The van der Waals surface area contributed by atoms with Crippen molar-refractivity contribution in [2.75, 3.05) is 0 Å². The molecule has 0 saturated carbocycles. The van der Waals surface area contributed by atoms with Crippen LogP contribution in [0.15, 0.2) is 81.6 Å². The molecule has 2 aliphatic heterocycles. The third-order valence-electron chi connectivity index (χ3n) is 6.35. The first-order chi connectivity index (χ1) is 17.1. The topological polar surface area (TPSA) is 43.2 Å². The van der Waals surface area contributed by atoms with E-state index in [0.717, 1.165) is 22.3 Å². The van der Waals surface area contributed by atoms with Crippen molar-refractivity contribution in [3.05, 3.63) is 106 Å². The quantitative estimate of drug-likeness (QED) is 0.326. The number of hydrogen-bond acceptors (Lipinski definition) is 6. The van der Waals surface area contributed by atoms with Crippen molar-refractivity contribution in [1.29, 1.82) is 0 Å². The molecule has 0 spiro atoms. The third kappa shape index (κ3) is 5.35. The van der Waals surface area contributed by atoms with Gasteiger partial charge in [0.15, 0.2) is 10.9 Å². The molecule has 0 aliphatic carbocycles. The van der Waals surface area contributed by atoms with Gasteiger partial charge in [-0.15, -0.1) is 0 Å². The second-order valence-corrected chi connectivity index (χ2v) is 12.9. The van der Waals surface area contributed by atoms with Crippen LogP contribution in [0.1, 0.15) is 85.8 Å². The van der Waals surface area contributed by atoms with Crippen LogP contribution in [0.4, 0.5) is 0 Å². The van der Waals surface area contributed by atoms with Crippen LogP contribution < -0.4 is 0 Å². The first-order valence-corrected chi connectivity index (χ1v) is 13.9. The van der Waals surface area contributed by atoms with Gasteiger partial charge >= 0.3 is 0 Å². The highest BCUT2D eigenvalue weighted by Gasteiger charge is 2.28. The van der Waals surface area contributed by atoms with Gasteiger partial charge in [-0.05, 0) is 52.3 Å². The van der Waals surface area contributed by atoms with E-state index in [1.54, 1.807) is 0 Å². The van der Waals surface area contributed by atoms with E-state index in [0.29, 0.717) is 11.8 Å². The van der Waals surface area contributed by atoms with Crippen LogP contribution in [0.2, 0.25) is 0 Å². The lowest BCUT2D eigenvalue weighted by Gasteiger charge is -2.19. The molecule has 36 heavy (non-hydrogen) atoms. The van der Waals surface area contributed by atoms with Gasteiger partial charge in [-0.25, -0.2) is 0 Å². The molecule has 4 nitrogen and oxygen atoms in total. The zero-order chi connectivity index (χ0) is 25.5. The molecule has 2 unspecified atom stereocenters. The van der Waals surface area contributed by atoms with Crippen LogP contribution in [0.3, 0.4) is 0 Å². The highest BCUT2D eigenvalue weighted by Crippen LogP contribution is 2.42. The molecule has 3 aromatic carbocycles. The number of benzene rings is 3. The maximum absolute atomic E-state index is 6.24. The lowest BCUT2D eigenvalue weighted by Crippen LogP contribution is -2.12. The number of rotatable bonds is 4. The van der Waals surface area contributed by atoms with Gasteiger partial charge < -0.3 is 9.47 Å². The van der Waals surface area contributed by atoms with Crippen LogP contribution in [0, 0.1) is 0 Å². The van der Waals surface area contributed by atoms with Gasteiger partial charge in [-0.1, -0.05) is 84.0 Å². The van der Waals surface area contributed by atoms with E-state index < -0.39 is 0 Å². The van der Waals surface area contributed by atoms with Gasteiger partial charge in [0, 0.05) is 46.1 Å². The lowest BCUT2D eigenvalue weighted by molar-refractivity contribution is 0.286. The molecule has 6 heteroatoms. The molecule has 0 radical (unpaired) electrons. The Morgan fingerprint density at radius 2 is 0.972 bits per heavy atom. The Balaban J connectivity index is 1.24. The van der Waals surface area contributed by atoms with E-state index >= 15 is 0 Å². The summed E-state index contributed by atoms with van der Waals surface area (Å²) in [4.78, 5) is 0. The zero-order valence-electron chi connectivity index (χ0n) is 21.6. The maximum atomic E-state index is 6.24. The van der Waals surface area contributed by atoms with Crippen LogP contribution in [0.5, 0.6) is 0 Å². The molecular formula is C30H32N2O2S2. The second kappa shape index (κ2) is 9.64. The van der Waals surface area contributed by atoms with Gasteiger partial charge in [0.2, 0.25) is 11.8 Å². The second-order valence-electron chi connectivity index (χ2n) is 11.2. The Hall–Kier alpha value is -2.70. The molecular weight excluding hydrogens is 484 g/mol. The summed E-state index contributed by atoms with van der Waals surface area (Å²) < 4.78 is 21.7. The fourth-order valence-electron chi connectivity index (χ4n) is 4.06. The summed E-state index contributed by atoms with van der Waals surface area (Å²) in [5, 5.41) is 0. The van der Waals surface area contributed by atoms with Crippen molar-refractivity contribution in [2.45, 2.75) is 63.2 Å². The van der Waals surface area contributed by atoms with E-state index in [9.17, 15) is 0 Å². The molecule has 0 bridgehead atoms. The summed E-state index contributed by atoms with van der Waals surface area (Å²) >= 11 is 2.90. The van der Waals surface area contributed by atoms with Crippen LogP contribution in [0.25, 0.3) is 0 Å². The summed E-state index contributed by atoms with van der Waals surface area (Å²) in [6.45, 7) is 13.3. The first-order valence-electron chi connectivity index (χ1n) is 12.2. The summed E-state index contributed by atoms with van der Waals surface area (Å²) in [5.74, 6) is 1.35. The molecule has 0 amide bonds. The van der Waals surface area contributed by atoms with Gasteiger partial charge in [0.25, 0.3) is 0 Å². The molecule has 0 fully saturated rings. The molecule has 186 valence electrons. The predicted octanol–water partition coefficient (Wildman–Crippen LogP) is 8.53. The van der Waals surface area contributed by atoms with Gasteiger partial charge in [0.05, 0.1) is 0 Å². The number of nitrogens with zero attached hydrogens (tertiary/aromatic N) is 2. The summed E-state index contributed by atoms with van der Waals surface area (Å²) in [6.07, 6.45) is 0. The van der Waals surface area contributed by atoms with Gasteiger partial charge in [-0.2, -0.15) is 8.80 Å². The monoisotopic (exact) mass is 516 g/mol. The Morgan fingerprint density at radius 1 is 0.583 bits per heavy atom. The minimum absolute atomic E-state index is 0.119. The highest BCUT2D eigenvalue weighted by atomic mass is 32.2. The average molecular weight is 517 g/mol. The van der Waals surface area contributed by atoms with Gasteiger partial charge in [0.1, 0.15) is 0 Å². The van der Waals surface area contributed by atoms with E-state index in [2.05, 4.69) is 117 Å². The van der Waals surface area contributed by atoms with E-state index in [1.807, 2.05) is 6.07 Å².